The topological polar surface area (TPSA) is 101 Å². The SMILES string of the molecule is CCC1=C(C)c2cc3[nH]c(c(C)c3CC)c(Br)c3nc(c4c5[nH]c(cc1n2)c(C)c5C(=O)C4)C(CC(=O)N(CCCN(C)C)CCCN(C)C)[C@@H]3C. The summed E-state index contributed by atoms with van der Waals surface area (Å²) in [4.78, 5) is 52.7. The summed E-state index contributed by atoms with van der Waals surface area (Å²) in [6.45, 7) is 16.2. The van der Waals surface area contributed by atoms with Crippen LogP contribution >= 0.6 is 15.9 Å². The number of hydrogen-bond acceptors (Lipinski definition) is 6. The smallest absolute Gasteiger partial charge is 0.223 e. The third kappa shape index (κ3) is 7.06. The number of aromatic amines is 2. The number of carbonyl (C=O) groups is 2. The number of aryl methyl sites for hydroxylation is 3. The molecule has 1 amide bonds. The molecule has 0 aromatic carbocycles. The molecule has 0 saturated carbocycles. The number of carbonyl (C=O) groups excluding carboxylic acids is 2. The number of allylic oxidation sites excluding steroid dienone is 2. The Hall–Kier alpha value is -3.60. The summed E-state index contributed by atoms with van der Waals surface area (Å²) in [5.74, 6) is 0.00502. The van der Waals surface area contributed by atoms with Gasteiger partial charge in [-0.25, -0.2) is 4.98 Å². The molecule has 2 atom stereocenters. The predicted molar refractivity (Wildman–Crippen MR) is 217 cm³/mol. The molecule has 1 unspecified atom stereocenters. The van der Waals surface area contributed by atoms with E-state index < -0.39 is 0 Å². The summed E-state index contributed by atoms with van der Waals surface area (Å²) in [6, 6.07) is 4.30. The Morgan fingerprint density at radius 2 is 1.48 bits per heavy atom. The van der Waals surface area contributed by atoms with Crippen molar-refractivity contribution in [2.75, 3.05) is 54.4 Å². The molecule has 278 valence electrons. The number of ketones is 1. The summed E-state index contributed by atoms with van der Waals surface area (Å²) in [6.07, 6.45) is 4.17. The highest BCUT2D eigenvalue weighted by Crippen LogP contribution is 2.46. The second kappa shape index (κ2) is 15.4. The number of halogens is 1. The lowest BCUT2D eigenvalue weighted by atomic mass is 9.86. The molecule has 9 nitrogen and oxygen atoms in total. The monoisotopic (exact) mass is 769 g/mol. The number of nitrogens with zero attached hydrogens (tertiary/aromatic N) is 5. The summed E-state index contributed by atoms with van der Waals surface area (Å²) >= 11 is 4.04. The second-order valence-corrected chi connectivity index (χ2v) is 16.3. The van der Waals surface area contributed by atoms with Crippen LogP contribution in [0.5, 0.6) is 0 Å². The fourth-order valence-electron chi connectivity index (χ4n) is 8.47. The number of rotatable bonds is 12. The Morgan fingerprint density at radius 1 is 0.846 bits per heavy atom. The van der Waals surface area contributed by atoms with Gasteiger partial charge in [0.2, 0.25) is 5.91 Å². The summed E-state index contributed by atoms with van der Waals surface area (Å²) in [5, 5.41) is 0. The van der Waals surface area contributed by atoms with E-state index in [1.54, 1.807) is 0 Å². The second-order valence-electron chi connectivity index (χ2n) is 15.5. The number of hydrogen-bond donors (Lipinski definition) is 2. The zero-order chi connectivity index (χ0) is 37.6. The van der Waals surface area contributed by atoms with Gasteiger partial charge in [0.25, 0.3) is 0 Å². The van der Waals surface area contributed by atoms with Crippen LogP contribution in [0.1, 0.15) is 121 Å². The highest BCUT2D eigenvalue weighted by molar-refractivity contribution is 9.10. The molecule has 3 aromatic rings. The number of amides is 1. The number of fused-ring (bicyclic) bond motifs is 8. The molecule has 10 heteroatoms. The van der Waals surface area contributed by atoms with Crippen molar-refractivity contribution < 1.29 is 9.59 Å². The van der Waals surface area contributed by atoms with Crippen molar-refractivity contribution in [2.24, 2.45) is 0 Å². The molecule has 52 heavy (non-hydrogen) atoms. The average molecular weight is 771 g/mol. The first-order valence-corrected chi connectivity index (χ1v) is 19.8. The lowest BCUT2D eigenvalue weighted by molar-refractivity contribution is -0.132. The van der Waals surface area contributed by atoms with Crippen molar-refractivity contribution in [3.05, 3.63) is 67.2 Å². The quantitative estimate of drug-likeness (QED) is 0.192. The van der Waals surface area contributed by atoms with E-state index in [4.69, 9.17) is 9.97 Å². The lowest BCUT2D eigenvalue weighted by Crippen LogP contribution is -2.36. The molecule has 1 aliphatic carbocycles. The molecular weight excluding hydrogens is 714 g/mol. The third-order valence-corrected chi connectivity index (χ3v) is 12.3. The van der Waals surface area contributed by atoms with Crippen molar-refractivity contribution in [3.8, 4) is 0 Å². The fourth-order valence-corrected chi connectivity index (χ4v) is 9.31. The first-order chi connectivity index (χ1) is 24.7. The maximum atomic E-state index is 14.4. The number of H-pyrrole nitrogens is 2. The maximum absolute atomic E-state index is 14.4. The van der Waals surface area contributed by atoms with Crippen LogP contribution in [-0.4, -0.2) is 101 Å². The van der Waals surface area contributed by atoms with Gasteiger partial charge in [-0.2, -0.15) is 0 Å². The van der Waals surface area contributed by atoms with Gasteiger partial charge in [0.1, 0.15) is 0 Å². The van der Waals surface area contributed by atoms with Gasteiger partial charge in [0, 0.05) is 59.9 Å². The highest BCUT2D eigenvalue weighted by atomic mass is 79.9. The molecule has 3 aromatic heterocycles. The first-order valence-electron chi connectivity index (χ1n) is 19.0. The Labute approximate surface area is 317 Å². The molecule has 5 heterocycles. The van der Waals surface area contributed by atoms with Crippen molar-refractivity contribution in [1.29, 1.82) is 0 Å². The van der Waals surface area contributed by atoms with Crippen LogP contribution < -0.4 is 0 Å². The minimum absolute atomic E-state index is 0.0587. The van der Waals surface area contributed by atoms with Crippen LogP contribution in [0.15, 0.2) is 16.6 Å². The molecule has 3 aliphatic rings. The standard InChI is InChI=1S/C42H56BrN7O2/c1-11-27-23(3)31-21-34-28(12-2)24(4)39(46-34)38(43)40-25(5)29(20-36(52)50(17-13-15-48(7)8)18-14-16-49(9)10)41(47-40)30-19-35(51)37-26(6)32(45-42(30)37)22-33(27)44-31/h21-22,25,29,45-46H,11-20H2,1-10H3/t25-,29?/m0/s1. The molecule has 0 spiro atoms. The normalized spacial score (nSPS) is 17.0. The molecule has 0 saturated heterocycles. The van der Waals surface area contributed by atoms with E-state index >= 15 is 0 Å². The van der Waals surface area contributed by atoms with Crippen molar-refractivity contribution in [1.82, 2.24) is 34.6 Å². The van der Waals surface area contributed by atoms with E-state index in [0.717, 1.165) is 118 Å². The van der Waals surface area contributed by atoms with Gasteiger partial charge in [0.05, 0.1) is 38.3 Å². The molecule has 8 bridgehead atoms. The van der Waals surface area contributed by atoms with Crippen LogP contribution in [0.4, 0.5) is 0 Å². The van der Waals surface area contributed by atoms with Crippen LogP contribution in [0.2, 0.25) is 0 Å². The van der Waals surface area contributed by atoms with Gasteiger partial charge in [-0.1, -0.05) is 20.8 Å². The van der Waals surface area contributed by atoms with Crippen molar-refractivity contribution in [2.45, 2.75) is 91.9 Å². The molecule has 0 radical (unpaired) electrons. The lowest BCUT2D eigenvalue weighted by Gasteiger charge is -2.27. The van der Waals surface area contributed by atoms with E-state index in [-0.39, 0.29) is 29.9 Å². The molecule has 2 aliphatic heterocycles. The Morgan fingerprint density at radius 3 is 2.10 bits per heavy atom. The minimum Gasteiger partial charge on any atom is -0.354 e. The van der Waals surface area contributed by atoms with Crippen LogP contribution in [-0.2, 0) is 17.6 Å². The molecule has 0 fully saturated rings. The van der Waals surface area contributed by atoms with Gasteiger partial charge < -0.3 is 24.7 Å². The largest absolute Gasteiger partial charge is 0.354 e. The third-order valence-electron chi connectivity index (χ3n) is 11.5. The Kier molecular flexibility index (Phi) is 11.3. The Balaban J connectivity index is 1.58. The number of Topliss-reactive ketones (excluding diaryl/α,β-unsaturated/α-hetero) is 1. The van der Waals surface area contributed by atoms with Gasteiger partial charge >= 0.3 is 0 Å². The van der Waals surface area contributed by atoms with Crippen molar-refractivity contribution in [3.63, 3.8) is 0 Å². The summed E-state index contributed by atoms with van der Waals surface area (Å²) in [7, 11) is 8.30. The van der Waals surface area contributed by atoms with Gasteiger partial charge in [0.15, 0.2) is 5.78 Å². The molecule has 6 rings (SSSR count). The molecule has 2 N–H and O–H groups in total. The molecular formula is C42H56BrN7O2. The predicted octanol–water partition coefficient (Wildman–Crippen LogP) is 8.35. The minimum atomic E-state index is -0.180. The maximum Gasteiger partial charge on any atom is 0.223 e. The first kappa shape index (κ1) is 38.1. The van der Waals surface area contributed by atoms with Crippen LogP contribution in [0.25, 0.3) is 33.2 Å². The van der Waals surface area contributed by atoms with Gasteiger partial charge in [-0.15, -0.1) is 0 Å². The number of aromatic nitrogens is 4. The van der Waals surface area contributed by atoms with Crippen molar-refractivity contribution >= 4 is 60.8 Å². The van der Waals surface area contributed by atoms with E-state index in [0.29, 0.717) is 6.42 Å². The highest BCUT2D eigenvalue weighted by Gasteiger charge is 2.38. The summed E-state index contributed by atoms with van der Waals surface area (Å²) in [5.41, 5.74) is 14.8. The zero-order valence-electron chi connectivity index (χ0n) is 32.8. The zero-order valence-corrected chi connectivity index (χ0v) is 34.4. The Bertz CT molecular complexity index is 2090. The van der Waals surface area contributed by atoms with Crippen LogP contribution in [0, 0.1) is 13.8 Å². The van der Waals surface area contributed by atoms with E-state index in [2.05, 4.69) is 116 Å². The van der Waals surface area contributed by atoms with Gasteiger partial charge in [-0.05, 0) is 144 Å². The van der Waals surface area contributed by atoms with E-state index in [1.165, 1.54) is 22.3 Å². The van der Waals surface area contributed by atoms with E-state index in [9.17, 15) is 9.59 Å². The van der Waals surface area contributed by atoms with Gasteiger partial charge in [-0.3, -0.25) is 14.6 Å². The van der Waals surface area contributed by atoms with E-state index in [1.807, 2.05) is 6.92 Å². The number of nitrogens with one attached hydrogen (secondary N) is 2. The van der Waals surface area contributed by atoms with Crippen LogP contribution in [0.3, 0.4) is 0 Å². The average Bonchev–Trinajstić information content (AvgIpc) is 3.85. The fraction of sp³-hybridized carbons (Fsp3) is 0.524. The summed E-state index contributed by atoms with van der Waals surface area (Å²) < 4.78 is 0.907.